The number of benzene rings is 2. The lowest BCUT2D eigenvalue weighted by Gasteiger charge is -2.26. The lowest BCUT2D eigenvalue weighted by atomic mass is 9.86. The zero-order valence-electron chi connectivity index (χ0n) is 14.9. The normalized spacial score (nSPS) is 15.9. The molecule has 3 heterocycles. The molecule has 2 aromatic heterocycles. The summed E-state index contributed by atoms with van der Waals surface area (Å²) >= 11 is 1.47. The molecule has 0 aliphatic carbocycles. The molecule has 0 spiro atoms. The molecule has 5 rings (SSSR count). The van der Waals surface area contributed by atoms with E-state index in [2.05, 4.69) is 0 Å². The Morgan fingerprint density at radius 1 is 1.03 bits per heavy atom. The summed E-state index contributed by atoms with van der Waals surface area (Å²) in [6, 6.07) is 12.2. The standard InChI is InChI=1S/C22H14O6S/c23-14-9-15(11-4-2-1-3-5-11)27-21-17-13(12-6-7-29-10-12)8-16(24)28-22(17)20(26)19(25)18(14)21/h1-7,9-10,13,25-26H,8H2/t13-/m0/s1. The van der Waals surface area contributed by atoms with Crippen LogP contribution in [0.2, 0.25) is 0 Å². The summed E-state index contributed by atoms with van der Waals surface area (Å²) in [6.07, 6.45) is 0.0301. The molecule has 0 fully saturated rings. The number of hydrogen-bond acceptors (Lipinski definition) is 7. The van der Waals surface area contributed by atoms with Crippen molar-refractivity contribution in [2.75, 3.05) is 0 Å². The number of carbonyl (C=O) groups excluding carboxylic acids is 1. The first-order valence-corrected chi connectivity index (χ1v) is 9.82. The van der Waals surface area contributed by atoms with Gasteiger partial charge in [-0.1, -0.05) is 30.3 Å². The number of rotatable bonds is 2. The van der Waals surface area contributed by atoms with E-state index in [1.54, 1.807) is 12.1 Å². The second-order valence-corrected chi connectivity index (χ2v) is 7.55. The van der Waals surface area contributed by atoms with E-state index in [1.165, 1.54) is 17.4 Å². The van der Waals surface area contributed by atoms with Crippen molar-refractivity contribution >= 4 is 28.3 Å². The van der Waals surface area contributed by atoms with Gasteiger partial charge in [0.1, 0.15) is 16.7 Å². The number of aromatic hydroxyl groups is 2. The Kier molecular flexibility index (Phi) is 3.92. The fourth-order valence-electron chi connectivity index (χ4n) is 3.71. The summed E-state index contributed by atoms with van der Waals surface area (Å²) < 4.78 is 11.3. The first-order valence-electron chi connectivity index (χ1n) is 8.88. The average molecular weight is 406 g/mol. The van der Waals surface area contributed by atoms with Crippen molar-refractivity contribution in [3.05, 3.63) is 74.6 Å². The molecule has 2 aromatic carbocycles. The molecule has 0 radical (unpaired) electrons. The second-order valence-electron chi connectivity index (χ2n) is 6.77. The van der Waals surface area contributed by atoms with Gasteiger partial charge in [-0.15, -0.1) is 0 Å². The van der Waals surface area contributed by atoms with Crippen LogP contribution >= 0.6 is 11.3 Å². The van der Waals surface area contributed by atoms with E-state index in [0.29, 0.717) is 16.9 Å². The van der Waals surface area contributed by atoms with Crippen molar-refractivity contribution < 1.29 is 24.2 Å². The van der Waals surface area contributed by atoms with Gasteiger partial charge in [0, 0.05) is 17.5 Å². The fourth-order valence-corrected chi connectivity index (χ4v) is 4.42. The molecule has 0 saturated heterocycles. The Bertz CT molecular complexity index is 1310. The Morgan fingerprint density at radius 3 is 2.55 bits per heavy atom. The van der Waals surface area contributed by atoms with Gasteiger partial charge in [0.25, 0.3) is 0 Å². The van der Waals surface area contributed by atoms with E-state index in [9.17, 15) is 19.8 Å². The van der Waals surface area contributed by atoms with Gasteiger partial charge in [0.05, 0.1) is 12.0 Å². The zero-order chi connectivity index (χ0) is 20.1. The van der Waals surface area contributed by atoms with Gasteiger partial charge in [-0.25, -0.2) is 0 Å². The molecular weight excluding hydrogens is 392 g/mol. The van der Waals surface area contributed by atoms with Crippen LogP contribution in [0.3, 0.4) is 0 Å². The molecule has 1 atom stereocenters. The van der Waals surface area contributed by atoms with Crippen molar-refractivity contribution in [1.29, 1.82) is 0 Å². The number of esters is 1. The number of fused-ring (bicyclic) bond motifs is 3. The summed E-state index contributed by atoms with van der Waals surface area (Å²) in [5.41, 5.74) is 1.51. The Hall–Kier alpha value is -3.58. The first kappa shape index (κ1) is 17.5. The summed E-state index contributed by atoms with van der Waals surface area (Å²) in [7, 11) is 0. The minimum atomic E-state index is -0.661. The highest BCUT2D eigenvalue weighted by atomic mass is 32.1. The number of ether oxygens (including phenoxy) is 1. The van der Waals surface area contributed by atoms with Crippen molar-refractivity contribution in [2.24, 2.45) is 0 Å². The van der Waals surface area contributed by atoms with Crippen LogP contribution in [0.4, 0.5) is 0 Å². The van der Waals surface area contributed by atoms with Crippen LogP contribution in [0.1, 0.15) is 23.5 Å². The van der Waals surface area contributed by atoms with Crippen molar-refractivity contribution in [3.8, 4) is 28.6 Å². The highest BCUT2D eigenvalue weighted by Gasteiger charge is 2.36. The predicted molar refractivity (Wildman–Crippen MR) is 108 cm³/mol. The third-order valence-electron chi connectivity index (χ3n) is 5.05. The first-order chi connectivity index (χ1) is 14.0. The van der Waals surface area contributed by atoms with Crippen LogP contribution in [0.25, 0.3) is 22.3 Å². The van der Waals surface area contributed by atoms with Crippen LogP contribution in [0.15, 0.2) is 62.4 Å². The van der Waals surface area contributed by atoms with E-state index >= 15 is 0 Å². The van der Waals surface area contributed by atoms with E-state index in [-0.39, 0.29) is 23.1 Å². The molecular formula is C22H14O6S. The summed E-state index contributed by atoms with van der Waals surface area (Å²) in [4.78, 5) is 25.0. The Labute approximate surface area is 168 Å². The van der Waals surface area contributed by atoms with Crippen molar-refractivity contribution in [3.63, 3.8) is 0 Å². The second kappa shape index (κ2) is 6.49. The quantitative estimate of drug-likeness (QED) is 0.291. The van der Waals surface area contributed by atoms with Crippen molar-refractivity contribution in [1.82, 2.24) is 0 Å². The zero-order valence-corrected chi connectivity index (χ0v) is 15.7. The van der Waals surface area contributed by atoms with Crippen molar-refractivity contribution in [2.45, 2.75) is 12.3 Å². The minimum Gasteiger partial charge on any atom is -0.504 e. The molecule has 7 heteroatoms. The number of phenols is 2. The molecule has 2 N–H and O–H groups in total. The summed E-state index contributed by atoms with van der Waals surface area (Å²) in [5, 5.41) is 24.6. The molecule has 0 saturated carbocycles. The Morgan fingerprint density at radius 2 is 1.83 bits per heavy atom. The topological polar surface area (TPSA) is 97.0 Å². The Balaban J connectivity index is 1.90. The van der Waals surface area contributed by atoms with Gasteiger partial charge in [-0.05, 0) is 22.4 Å². The molecule has 1 aliphatic rings. The number of carbonyl (C=O) groups is 1. The number of phenolic OH excluding ortho intramolecular Hbond substituents is 2. The minimum absolute atomic E-state index is 0.0301. The molecule has 4 aromatic rings. The predicted octanol–water partition coefficient (Wildman–Crippen LogP) is 4.37. The summed E-state index contributed by atoms with van der Waals surface area (Å²) in [6.45, 7) is 0. The van der Waals surface area contributed by atoms with E-state index < -0.39 is 28.8 Å². The van der Waals surface area contributed by atoms with Gasteiger partial charge in [-0.3, -0.25) is 9.59 Å². The third-order valence-corrected chi connectivity index (χ3v) is 5.75. The molecule has 0 amide bonds. The summed E-state index contributed by atoms with van der Waals surface area (Å²) in [5.74, 6) is -2.16. The lowest BCUT2D eigenvalue weighted by molar-refractivity contribution is -0.135. The largest absolute Gasteiger partial charge is 0.504 e. The molecule has 0 unspecified atom stereocenters. The number of hydrogen-bond donors (Lipinski definition) is 2. The maximum Gasteiger partial charge on any atom is 0.312 e. The molecule has 144 valence electrons. The molecule has 6 nitrogen and oxygen atoms in total. The van der Waals surface area contributed by atoms with E-state index in [4.69, 9.17) is 9.15 Å². The molecule has 0 bridgehead atoms. The van der Waals surface area contributed by atoms with Gasteiger partial charge in [0.15, 0.2) is 16.9 Å². The molecule has 1 aliphatic heterocycles. The van der Waals surface area contributed by atoms with Crippen LogP contribution in [0.5, 0.6) is 17.2 Å². The van der Waals surface area contributed by atoms with Gasteiger partial charge < -0.3 is 19.4 Å². The monoisotopic (exact) mass is 406 g/mol. The van der Waals surface area contributed by atoms with Gasteiger partial charge in [0.2, 0.25) is 5.75 Å². The van der Waals surface area contributed by atoms with Crippen LogP contribution in [0, 0.1) is 0 Å². The van der Waals surface area contributed by atoms with Crippen LogP contribution in [-0.4, -0.2) is 16.2 Å². The maximum atomic E-state index is 12.9. The van der Waals surface area contributed by atoms with Gasteiger partial charge >= 0.3 is 5.97 Å². The third kappa shape index (κ3) is 2.70. The van der Waals surface area contributed by atoms with E-state index in [0.717, 1.165) is 5.56 Å². The number of thiophene rings is 1. The highest BCUT2D eigenvalue weighted by molar-refractivity contribution is 7.08. The average Bonchev–Trinajstić information content (AvgIpc) is 3.26. The van der Waals surface area contributed by atoms with Crippen LogP contribution < -0.4 is 10.2 Å². The fraction of sp³-hybridized carbons (Fsp3) is 0.0909. The lowest BCUT2D eigenvalue weighted by Crippen LogP contribution is -2.22. The maximum absolute atomic E-state index is 12.9. The van der Waals surface area contributed by atoms with Gasteiger partial charge in [-0.2, -0.15) is 11.3 Å². The van der Waals surface area contributed by atoms with Crippen LogP contribution in [-0.2, 0) is 4.79 Å². The molecule has 29 heavy (non-hydrogen) atoms. The smallest absolute Gasteiger partial charge is 0.312 e. The highest BCUT2D eigenvalue weighted by Crippen LogP contribution is 2.52. The van der Waals surface area contributed by atoms with E-state index in [1.807, 2.05) is 35.0 Å². The SMILES string of the molecule is O=C1C[C@@H](c2ccsc2)c2c(c(O)c(O)c3c(=O)cc(-c4ccccc4)oc23)O1.